The highest BCUT2D eigenvalue weighted by molar-refractivity contribution is 6.47. The van der Waals surface area contributed by atoms with Crippen LogP contribution in [0.5, 0.6) is 17.2 Å². The predicted molar refractivity (Wildman–Crippen MR) is 127 cm³/mol. The van der Waals surface area contributed by atoms with Crippen LogP contribution in [0.2, 0.25) is 0 Å². The first-order chi connectivity index (χ1) is 16.0. The van der Waals surface area contributed by atoms with Crippen LogP contribution in [0.4, 0.5) is 5.69 Å². The number of methoxy groups -OCH3 is 2. The van der Waals surface area contributed by atoms with E-state index in [1.807, 2.05) is 55.5 Å². The molecule has 0 saturated heterocycles. The summed E-state index contributed by atoms with van der Waals surface area (Å²) in [5.74, 6) is 0.235. The van der Waals surface area contributed by atoms with Crippen LogP contribution >= 0.6 is 0 Å². The molecule has 0 saturated carbocycles. The Morgan fingerprint density at radius 2 is 1.67 bits per heavy atom. The Kier molecular flexibility index (Phi) is 6.31. The largest absolute Gasteiger partial charge is 0.497 e. The fourth-order valence-corrected chi connectivity index (χ4v) is 3.67. The van der Waals surface area contributed by atoms with Crippen molar-refractivity contribution in [3.8, 4) is 28.4 Å². The Hall–Kier alpha value is -4.26. The highest BCUT2D eigenvalue weighted by Crippen LogP contribution is 2.32. The molecule has 0 unspecified atom stereocenters. The van der Waals surface area contributed by atoms with E-state index in [1.54, 1.807) is 28.8 Å². The van der Waals surface area contributed by atoms with Crippen molar-refractivity contribution in [2.75, 3.05) is 26.1 Å². The standard InChI is InChI=1S/C26H24N2O5/c1-4-33-19-10-8-17(9-11-19)21-15-18-7-5-6-14-28(18)24(21)25(29)26(30)27-22-16-20(31-2)12-13-23(22)32-3/h5-16H,4H2,1-3H3,(H,27,30). The third-order valence-electron chi connectivity index (χ3n) is 5.23. The quantitative estimate of drug-likeness (QED) is 0.311. The van der Waals surface area contributed by atoms with Gasteiger partial charge >= 0.3 is 0 Å². The van der Waals surface area contributed by atoms with Crippen molar-refractivity contribution in [2.45, 2.75) is 6.92 Å². The first-order valence-electron chi connectivity index (χ1n) is 10.5. The van der Waals surface area contributed by atoms with E-state index in [-0.39, 0.29) is 5.69 Å². The summed E-state index contributed by atoms with van der Waals surface area (Å²) in [5, 5.41) is 2.67. The maximum Gasteiger partial charge on any atom is 0.298 e. The molecule has 1 N–H and O–H groups in total. The van der Waals surface area contributed by atoms with Crippen LogP contribution in [-0.4, -0.2) is 36.9 Å². The van der Waals surface area contributed by atoms with Gasteiger partial charge in [0.15, 0.2) is 0 Å². The minimum atomic E-state index is -0.780. The van der Waals surface area contributed by atoms with Crippen LogP contribution in [0, 0.1) is 0 Å². The molecule has 2 aromatic carbocycles. The Bertz CT molecular complexity index is 1310. The van der Waals surface area contributed by atoms with Gasteiger partial charge in [-0.25, -0.2) is 0 Å². The minimum Gasteiger partial charge on any atom is -0.497 e. The van der Waals surface area contributed by atoms with Crippen LogP contribution in [0.3, 0.4) is 0 Å². The first-order valence-corrected chi connectivity index (χ1v) is 10.5. The molecule has 0 bridgehead atoms. The monoisotopic (exact) mass is 444 g/mol. The van der Waals surface area contributed by atoms with Crippen molar-refractivity contribution in [3.63, 3.8) is 0 Å². The van der Waals surface area contributed by atoms with E-state index in [4.69, 9.17) is 14.2 Å². The molecule has 4 rings (SSSR count). The summed E-state index contributed by atoms with van der Waals surface area (Å²) in [6.45, 7) is 2.48. The number of Topliss-reactive ketones (excluding diaryl/α,β-unsaturated/α-hetero) is 1. The van der Waals surface area contributed by atoms with Crippen molar-refractivity contribution >= 4 is 22.9 Å². The summed E-state index contributed by atoms with van der Waals surface area (Å²) < 4.78 is 17.8. The fraction of sp³-hybridized carbons (Fsp3) is 0.154. The lowest BCUT2D eigenvalue weighted by Crippen LogP contribution is -2.25. The average molecular weight is 444 g/mol. The summed E-state index contributed by atoms with van der Waals surface area (Å²) >= 11 is 0. The maximum atomic E-state index is 13.4. The van der Waals surface area contributed by atoms with Crippen molar-refractivity contribution < 1.29 is 23.8 Å². The molecule has 0 aliphatic carbocycles. The zero-order valence-corrected chi connectivity index (χ0v) is 18.6. The molecule has 7 nitrogen and oxygen atoms in total. The summed E-state index contributed by atoms with van der Waals surface area (Å²) in [7, 11) is 3.01. The van der Waals surface area contributed by atoms with Crippen LogP contribution in [0.1, 0.15) is 17.4 Å². The van der Waals surface area contributed by atoms with Crippen LogP contribution in [-0.2, 0) is 4.79 Å². The average Bonchev–Trinajstić information content (AvgIpc) is 3.23. The summed E-state index contributed by atoms with van der Waals surface area (Å²) in [6, 6.07) is 19.9. The fourth-order valence-electron chi connectivity index (χ4n) is 3.67. The molecular weight excluding hydrogens is 420 g/mol. The van der Waals surface area contributed by atoms with E-state index in [1.165, 1.54) is 14.2 Å². The van der Waals surface area contributed by atoms with Gasteiger partial charge in [0.1, 0.15) is 22.9 Å². The van der Waals surface area contributed by atoms with Gasteiger partial charge in [0, 0.05) is 23.3 Å². The summed E-state index contributed by atoms with van der Waals surface area (Å²) in [6.07, 6.45) is 1.76. The van der Waals surface area contributed by atoms with Crippen molar-refractivity contribution in [1.29, 1.82) is 0 Å². The van der Waals surface area contributed by atoms with Gasteiger partial charge in [-0.3, -0.25) is 9.59 Å². The topological polar surface area (TPSA) is 78.3 Å². The zero-order chi connectivity index (χ0) is 23.4. The number of ketones is 1. The van der Waals surface area contributed by atoms with Crippen LogP contribution in [0.15, 0.2) is 72.9 Å². The van der Waals surface area contributed by atoms with E-state index in [0.717, 1.165) is 16.8 Å². The van der Waals surface area contributed by atoms with E-state index in [0.29, 0.717) is 29.4 Å². The molecule has 4 aromatic rings. The predicted octanol–water partition coefficient (Wildman–Crippen LogP) is 4.84. The molecule has 7 heteroatoms. The normalized spacial score (nSPS) is 10.6. The highest BCUT2D eigenvalue weighted by Gasteiger charge is 2.25. The lowest BCUT2D eigenvalue weighted by Gasteiger charge is -2.12. The first kappa shape index (κ1) is 22.0. The second kappa shape index (κ2) is 9.48. The molecule has 0 radical (unpaired) electrons. The van der Waals surface area contributed by atoms with Crippen LogP contribution in [0.25, 0.3) is 16.6 Å². The highest BCUT2D eigenvalue weighted by atomic mass is 16.5. The number of ether oxygens (including phenoxy) is 3. The smallest absolute Gasteiger partial charge is 0.298 e. The molecule has 168 valence electrons. The lowest BCUT2D eigenvalue weighted by atomic mass is 10.0. The number of benzene rings is 2. The van der Waals surface area contributed by atoms with Gasteiger partial charge < -0.3 is 23.9 Å². The Balaban J connectivity index is 1.73. The summed E-state index contributed by atoms with van der Waals surface area (Å²) in [4.78, 5) is 26.5. The van der Waals surface area contributed by atoms with Gasteiger partial charge in [-0.15, -0.1) is 0 Å². The number of hydrogen-bond acceptors (Lipinski definition) is 5. The molecule has 1 amide bonds. The van der Waals surface area contributed by atoms with E-state index < -0.39 is 11.7 Å². The number of nitrogens with one attached hydrogen (secondary N) is 1. The summed E-state index contributed by atoms with van der Waals surface area (Å²) in [5.41, 5.74) is 2.88. The van der Waals surface area contributed by atoms with Crippen LogP contribution < -0.4 is 19.5 Å². The number of anilines is 1. The SMILES string of the molecule is CCOc1ccc(-c2cc3ccccn3c2C(=O)C(=O)Nc2cc(OC)ccc2OC)cc1. The molecule has 2 heterocycles. The van der Waals surface area contributed by atoms with E-state index in [2.05, 4.69) is 5.32 Å². The van der Waals surface area contributed by atoms with Crippen molar-refractivity contribution in [1.82, 2.24) is 4.40 Å². The minimum absolute atomic E-state index is 0.272. The number of carbonyl (C=O) groups excluding carboxylic acids is 2. The molecule has 2 aromatic heterocycles. The van der Waals surface area contributed by atoms with Crippen molar-refractivity contribution in [2.24, 2.45) is 0 Å². The molecule has 0 aliphatic heterocycles. The van der Waals surface area contributed by atoms with Gasteiger partial charge in [-0.05, 0) is 55.0 Å². The Morgan fingerprint density at radius 3 is 2.36 bits per heavy atom. The number of amides is 1. The second-order valence-electron chi connectivity index (χ2n) is 7.21. The molecule has 0 atom stereocenters. The third kappa shape index (κ3) is 4.39. The Labute approximate surface area is 191 Å². The third-order valence-corrected chi connectivity index (χ3v) is 5.23. The number of pyridine rings is 1. The molecule has 0 spiro atoms. The number of aromatic nitrogens is 1. The van der Waals surface area contributed by atoms with Gasteiger partial charge in [-0.2, -0.15) is 0 Å². The van der Waals surface area contributed by atoms with Gasteiger partial charge in [-0.1, -0.05) is 18.2 Å². The molecule has 0 aliphatic rings. The van der Waals surface area contributed by atoms with Gasteiger partial charge in [0.05, 0.1) is 26.5 Å². The maximum absolute atomic E-state index is 13.4. The Morgan fingerprint density at radius 1 is 0.909 bits per heavy atom. The number of fused-ring (bicyclic) bond motifs is 1. The van der Waals surface area contributed by atoms with E-state index >= 15 is 0 Å². The number of hydrogen-bond donors (Lipinski definition) is 1. The molecular formula is C26H24N2O5. The van der Waals surface area contributed by atoms with E-state index in [9.17, 15) is 9.59 Å². The number of rotatable bonds is 8. The lowest BCUT2D eigenvalue weighted by molar-refractivity contribution is -0.112. The van der Waals surface area contributed by atoms with Gasteiger partial charge in [0.2, 0.25) is 0 Å². The van der Waals surface area contributed by atoms with Gasteiger partial charge in [0.25, 0.3) is 11.7 Å². The zero-order valence-electron chi connectivity index (χ0n) is 18.6. The van der Waals surface area contributed by atoms with Crippen molar-refractivity contribution in [3.05, 3.63) is 78.6 Å². The molecule has 33 heavy (non-hydrogen) atoms. The second-order valence-corrected chi connectivity index (χ2v) is 7.21. The molecule has 0 fully saturated rings. The number of nitrogens with zero attached hydrogens (tertiary/aromatic N) is 1. The number of carbonyl (C=O) groups is 2.